The van der Waals surface area contributed by atoms with Crippen LogP contribution in [0.15, 0.2) is 79.9 Å². The Balaban J connectivity index is 1.65. The van der Waals surface area contributed by atoms with Gasteiger partial charge in [-0.05, 0) is 69.4 Å². The summed E-state index contributed by atoms with van der Waals surface area (Å²) in [5, 5.41) is 10.9. The molecule has 258 valence electrons. The molecule has 9 nitrogen and oxygen atoms in total. The first-order valence-electron chi connectivity index (χ1n) is 17.4. The summed E-state index contributed by atoms with van der Waals surface area (Å²) < 4.78 is 12.7. The van der Waals surface area contributed by atoms with Crippen LogP contribution in [0.1, 0.15) is 71.4 Å². The minimum Gasteiger partial charge on any atom is -0.494 e. The van der Waals surface area contributed by atoms with Crippen molar-refractivity contribution in [2.24, 2.45) is 11.8 Å². The van der Waals surface area contributed by atoms with Gasteiger partial charge >= 0.3 is 0 Å². The van der Waals surface area contributed by atoms with Crippen LogP contribution in [0.25, 0.3) is 0 Å². The maximum absolute atomic E-state index is 15.1. The van der Waals surface area contributed by atoms with Crippen LogP contribution in [0.3, 0.4) is 0 Å². The SMILES string of the molecule is C=CCN(C(=O)[C@H]1[C@H]2C(=O)N([C@H](CO)c3ccccc3)C(C(=O)N(CC=C)C(C)CCC)C23CC[C@]1(CC)O3)c1ccc(OCC)cc1. The smallest absolute Gasteiger partial charge is 0.248 e. The maximum Gasteiger partial charge on any atom is 0.248 e. The van der Waals surface area contributed by atoms with Gasteiger partial charge in [0.2, 0.25) is 17.7 Å². The van der Waals surface area contributed by atoms with Crippen LogP contribution in [-0.4, -0.2) is 82.2 Å². The zero-order valence-corrected chi connectivity index (χ0v) is 28.8. The molecule has 3 amide bonds. The van der Waals surface area contributed by atoms with Gasteiger partial charge in [-0.25, -0.2) is 0 Å². The molecule has 5 rings (SSSR count). The van der Waals surface area contributed by atoms with E-state index in [9.17, 15) is 14.7 Å². The standard InChI is InChI=1S/C39H51N3O6/c1-7-15-27(6)40(24-8-2)37(46)34-39-23-22-38(10-4,48-39)32(33(39)36(45)42(34)31(26-43)28-16-13-12-14-17-28)35(44)41(25-9-3)29-18-20-30(21-19-29)47-11-5/h8-9,12-14,16-21,27,31-34,43H,2-3,7,10-11,15,22-26H2,1,4-6H3/t27?,31-,32-,33+,34?,38+,39?/m1/s1. The second kappa shape index (κ2) is 14.7. The molecule has 0 aromatic heterocycles. The molecule has 0 saturated carbocycles. The molecule has 3 unspecified atom stereocenters. The molecule has 2 aromatic carbocycles. The zero-order valence-electron chi connectivity index (χ0n) is 28.8. The molecule has 0 radical (unpaired) electrons. The van der Waals surface area contributed by atoms with Crippen LogP contribution in [0.2, 0.25) is 0 Å². The van der Waals surface area contributed by atoms with Crippen LogP contribution in [0.5, 0.6) is 5.75 Å². The minimum atomic E-state index is -1.24. The van der Waals surface area contributed by atoms with Crippen molar-refractivity contribution in [2.45, 2.75) is 89.1 Å². The Hall–Kier alpha value is -3.95. The van der Waals surface area contributed by atoms with Gasteiger partial charge in [0.05, 0.1) is 36.7 Å². The van der Waals surface area contributed by atoms with E-state index in [2.05, 4.69) is 20.1 Å². The Morgan fingerprint density at radius 1 is 1.04 bits per heavy atom. The molecule has 3 saturated heterocycles. The maximum atomic E-state index is 15.1. The molecular weight excluding hydrogens is 606 g/mol. The van der Waals surface area contributed by atoms with Gasteiger partial charge in [0.25, 0.3) is 0 Å². The van der Waals surface area contributed by atoms with Gasteiger partial charge in [0, 0.05) is 24.8 Å². The van der Waals surface area contributed by atoms with Crippen molar-refractivity contribution in [3.8, 4) is 5.75 Å². The highest BCUT2D eigenvalue weighted by molar-refractivity contribution is 6.03. The van der Waals surface area contributed by atoms with Gasteiger partial charge in [0.15, 0.2) is 0 Å². The monoisotopic (exact) mass is 657 g/mol. The number of aliphatic hydroxyl groups excluding tert-OH is 1. The van der Waals surface area contributed by atoms with Gasteiger partial charge in [-0.2, -0.15) is 0 Å². The van der Waals surface area contributed by atoms with E-state index in [4.69, 9.17) is 9.47 Å². The Labute approximate surface area is 285 Å². The van der Waals surface area contributed by atoms with E-state index in [1.54, 1.807) is 26.9 Å². The first kappa shape index (κ1) is 35.4. The predicted molar refractivity (Wildman–Crippen MR) is 186 cm³/mol. The highest BCUT2D eigenvalue weighted by atomic mass is 16.5. The van der Waals surface area contributed by atoms with Crippen LogP contribution < -0.4 is 9.64 Å². The second-order valence-corrected chi connectivity index (χ2v) is 13.3. The number of aliphatic hydroxyl groups is 1. The van der Waals surface area contributed by atoms with Gasteiger partial charge < -0.3 is 29.3 Å². The van der Waals surface area contributed by atoms with Gasteiger partial charge in [-0.3, -0.25) is 14.4 Å². The van der Waals surface area contributed by atoms with Crippen LogP contribution in [0.4, 0.5) is 5.69 Å². The number of amides is 3. The number of hydrogen-bond acceptors (Lipinski definition) is 6. The zero-order chi connectivity index (χ0) is 34.6. The number of rotatable bonds is 16. The van der Waals surface area contributed by atoms with Crippen LogP contribution in [0, 0.1) is 11.8 Å². The number of benzene rings is 2. The third-order valence-corrected chi connectivity index (χ3v) is 10.7. The van der Waals surface area contributed by atoms with Crippen molar-refractivity contribution in [1.82, 2.24) is 9.80 Å². The van der Waals surface area contributed by atoms with E-state index in [-0.39, 0.29) is 36.9 Å². The van der Waals surface area contributed by atoms with Crippen molar-refractivity contribution in [3.63, 3.8) is 0 Å². The molecule has 7 atom stereocenters. The number of ether oxygens (including phenoxy) is 2. The number of anilines is 1. The third kappa shape index (κ3) is 5.85. The molecule has 3 aliphatic heterocycles. The Morgan fingerprint density at radius 3 is 2.31 bits per heavy atom. The highest BCUT2D eigenvalue weighted by Gasteiger charge is 2.79. The molecule has 48 heavy (non-hydrogen) atoms. The normalized spacial score (nSPS) is 26.9. The van der Waals surface area contributed by atoms with E-state index in [0.717, 1.165) is 12.8 Å². The largest absolute Gasteiger partial charge is 0.494 e. The highest BCUT2D eigenvalue weighted by Crippen LogP contribution is 2.65. The fraction of sp³-hybridized carbons (Fsp3) is 0.513. The predicted octanol–water partition coefficient (Wildman–Crippen LogP) is 5.70. The van der Waals surface area contributed by atoms with Crippen LogP contribution >= 0.6 is 0 Å². The molecule has 3 heterocycles. The van der Waals surface area contributed by atoms with Crippen LogP contribution in [-0.2, 0) is 19.1 Å². The average Bonchev–Trinajstić information content (AvgIpc) is 3.71. The average molecular weight is 658 g/mol. The van der Waals surface area contributed by atoms with Crippen molar-refractivity contribution in [1.29, 1.82) is 0 Å². The molecule has 3 fully saturated rings. The van der Waals surface area contributed by atoms with Gasteiger partial charge in [0.1, 0.15) is 17.4 Å². The molecule has 1 N–H and O–H groups in total. The third-order valence-electron chi connectivity index (χ3n) is 10.7. The molecule has 1 spiro atoms. The lowest BCUT2D eigenvalue weighted by Gasteiger charge is -2.41. The summed E-state index contributed by atoms with van der Waals surface area (Å²) in [6, 6.07) is 14.7. The summed E-state index contributed by atoms with van der Waals surface area (Å²) in [7, 11) is 0. The Kier molecular flexibility index (Phi) is 10.8. The summed E-state index contributed by atoms with van der Waals surface area (Å²) in [4.78, 5) is 50.0. The first-order chi connectivity index (χ1) is 23.2. The van der Waals surface area contributed by atoms with E-state index >= 15 is 4.79 Å². The van der Waals surface area contributed by atoms with E-state index < -0.39 is 35.1 Å². The summed E-state index contributed by atoms with van der Waals surface area (Å²) in [6.45, 7) is 16.5. The topological polar surface area (TPSA) is 99.6 Å². The van der Waals surface area contributed by atoms with Crippen molar-refractivity contribution in [2.75, 3.05) is 31.2 Å². The summed E-state index contributed by atoms with van der Waals surface area (Å²) >= 11 is 0. The van der Waals surface area contributed by atoms with Gasteiger partial charge in [-0.1, -0.05) is 62.8 Å². The van der Waals surface area contributed by atoms with E-state index in [0.29, 0.717) is 49.4 Å². The minimum absolute atomic E-state index is 0.115. The number of carbonyl (C=O) groups is 3. The number of hydrogen-bond donors (Lipinski definition) is 1. The molecule has 2 bridgehead atoms. The summed E-state index contributed by atoms with van der Waals surface area (Å²) in [5.41, 5.74) is -0.794. The second-order valence-electron chi connectivity index (χ2n) is 13.3. The lowest BCUT2D eigenvalue weighted by atomic mass is 9.64. The van der Waals surface area contributed by atoms with E-state index in [1.165, 1.54) is 0 Å². The quantitative estimate of drug-likeness (QED) is 0.233. The number of likely N-dealkylation sites (tertiary alicyclic amines) is 1. The number of carbonyl (C=O) groups excluding carboxylic acids is 3. The molecule has 9 heteroatoms. The molecule has 3 aliphatic rings. The Morgan fingerprint density at radius 2 is 1.73 bits per heavy atom. The van der Waals surface area contributed by atoms with Crippen molar-refractivity contribution in [3.05, 3.63) is 85.5 Å². The molecule has 0 aliphatic carbocycles. The van der Waals surface area contributed by atoms with Gasteiger partial charge in [-0.15, -0.1) is 13.2 Å². The van der Waals surface area contributed by atoms with Crippen molar-refractivity contribution >= 4 is 23.4 Å². The van der Waals surface area contributed by atoms with Crippen molar-refractivity contribution < 1.29 is 29.0 Å². The van der Waals surface area contributed by atoms with E-state index in [1.807, 2.05) is 75.4 Å². The lowest BCUT2D eigenvalue weighted by Crippen LogP contribution is -2.58. The lowest BCUT2D eigenvalue weighted by molar-refractivity contribution is -0.157. The molecular formula is C39H51N3O6. The number of fused-ring (bicyclic) bond motifs is 1. The first-order valence-corrected chi connectivity index (χ1v) is 17.4. The summed E-state index contributed by atoms with van der Waals surface area (Å²) in [6.07, 6.45) is 6.53. The summed E-state index contributed by atoms with van der Waals surface area (Å²) in [5.74, 6) is -1.87. The number of nitrogens with zero attached hydrogens (tertiary/aromatic N) is 3. The molecule has 2 aromatic rings. The Bertz CT molecular complexity index is 1480. The fourth-order valence-corrected chi connectivity index (χ4v) is 8.54. The fourth-order valence-electron chi connectivity index (χ4n) is 8.54.